The summed E-state index contributed by atoms with van der Waals surface area (Å²) < 4.78 is 10.3. The molecule has 0 bridgehead atoms. The van der Waals surface area contributed by atoms with E-state index < -0.39 is 0 Å². The van der Waals surface area contributed by atoms with Gasteiger partial charge in [-0.15, -0.1) is 0 Å². The van der Waals surface area contributed by atoms with Gasteiger partial charge in [0.2, 0.25) is 0 Å². The van der Waals surface area contributed by atoms with Gasteiger partial charge in [0.05, 0.1) is 13.2 Å². The van der Waals surface area contributed by atoms with Crippen LogP contribution in [-0.4, -0.2) is 65.1 Å². The Morgan fingerprint density at radius 3 is 1.94 bits per heavy atom. The molecule has 4 heteroatoms. The van der Waals surface area contributed by atoms with Crippen molar-refractivity contribution in [3.05, 3.63) is 0 Å². The van der Waals surface area contributed by atoms with E-state index in [-0.39, 0.29) is 0 Å². The molecule has 0 aromatic rings. The van der Waals surface area contributed by atoms with E-state index in [1.54, 1.807) is 14.2 Å². The Bertz CT molecular complexity index is 148. The number of methoxy groups -OCH3 is 2. The summed E-state index contributed by atoms with van der Waals surface area (Å²) in [7, 11) is 5.49. The summed E-state index contributed by atoms with van der Waals surface area (Å²) in [6.45, 7) is 9.07. The molecule has 0 saturated carbocycles. The lowest BCUT2D eigenvalue weighted by Crippen LogP contribution is -2.43. The predicted octanol–water partition coefficient (Wildman–Crippen LogP) is 0.825. The highest BCUT2D eigenvalue weighted by molar-refractivity contribution is 4.74. The molecule has 0 aliphatic carbocycles. The van der Waals surface area contributed by atoms with Crippen molar-refractivity contribution in [2.24, 2.45) is 5.92 Å². The molecule has 4 nitrogen and oxygen atoms in total. The number of hydrogen-bond donors (Lipinski definition) is 1. The number of nitrogens with one attached hydrogen (secondary N) is 1. The van der Waals surface area contributed by atoms with E-state index in [1.807, 2.05) is 7.05 Å². The molecular weight excluding hydrogens is 204 g/mol. The minimum atomic E-state index is 0.540. The SMILES string of the molecule is CNCC(C)C(C)N(CCOC)CCOC. The molecule has 0 radical (unpaired) electrons. The van der Waals surface area contributed by atoms with Crippen molar-refractivity contribution >= 4 is 0 Å². The zero-order valence-corrected chi connectivity index (χ0v) is 11.5. The summed E-state index contributed by atoms with van der Waals surface area (Å²) in [5.41, 5.74) is 0. The summed E-state index contributed by atoms with van der Waals surface area (Å²) in [5.74, 6) is 0.624. The van der Waals surface area contributed by atoms with Crippen LogP contribution in [0, 0.1) is 5.92 Å². The average molecular weight is 232 g/mol. The first-order valence-electron chi connectivity index (χ1n) is 6.03. The summed E-state index contributed by atoms with van der Waals surface area (Å²) >= 11 is 0. The van der Waals surface area contributed by atoms with E-state index >= 15 is 0 Å². The van der Waals surface area contributed by atoms with E-state index in [9.17, 15) is 0 Å². The van der Waals surface area contributed by atoms with Crippen molar-refractivity contribution < 1.29 is 9.47 Å². The van der Waals surface area contributed by atoms with Gasteiger partial charge in [0.1, 0.15) is 0 Å². The number of nitrogens with zero attached hydrogens (tertiary/aromatic N) is 1. The Balaban J connectivity index is 4.11. The Kier molecular flexibility index (Phi) is 9.92. The van der Waals surface area contributed by atoms with Crippen LogP contribution in [0.2, 0.25) is 0 Å². The maximum atomic E-state index is 5.14. The quantitative estimate of drug-likeness (QED) is 0.605. The molecule has 0 saturated heterocycles. The number of ether oxygens (including phenoxy) is 2. The molecule has 2 unspecified atom stereocenters. The second kappa shape index (κ2) is 10.0. The fourth-order valence-corrected chi connectivity index (χ4v) is 1.79. The van der Waals surface area contributed by atoms with Crippen LogP contribution in [0.5, 0.6) is 0 Å². The summed E-state index contributed by atoms with van der Waals surface area (Å²) in [6, 6.07) is 0.540. The normalized spacial score (nSPS) is 15.4. The maximum absolute atomic E-state index is 5.14. The summed E-state index contributed by atoms with van der Waals surface area (Å²) in [6.07, 6.45) is 0. The molecular formula is C12H28N2O2. The van der Waals surface area contributed by atoms with Gasteiger partial charge >= 0.3 is 0 Å². The van der Waals surface area contributed by atoms with Crippen molar-refractivity contribution in [1.82, 2.24) is 10.2 Å². The average Bonchev–Trinajstić information content (AvgIpc) is 2.29. The second-order valence-corrected chi connectivity index (χ2v) is 4.30. The first kappa shape index (κ1) is 15.8. The topological polar surface area (TPSA) is 33.7 Å². The second-order valence-electron chi connectivity index (χ2n) is 4.30. The van der Waals surface area contributed by atoms with Gasteiger partial charge in [-0.25, -0.2) is 0 Å². The minimum Gasteiger partial charge on any atom is -0.383 e. The van der Waals surface area contributed by atoms with E-state index in [2.05, 4.69) is 24.1 Å². The summed E-state index contributed by atoms with van der Waals surface area (Å²) in [5, 5.41) is 3.23. The van der Waals surface area contributed by atoms with Crippen LogP contribution in [0.15, 0.2) is 0 Å². The highest BCUT2D eigenvalue weighted by atomic mass is 16.5. The van der Waals surface area contributed by atoms with Gasteiger partial charge in [-0.1, -0.05) is 6.92 Å². The van der Waals surface area contributed by atoms with Gasteiger partial charge in [-0.05, 0) is 26.4 Å². The lowest BCUT2D eigenvalue weighted by Gasteiger charge is -2.32. The van der Waals surface area contributed by atoms with Gasteiger partial charge in [-0.2, -0.15) is 0 Å². The van der Waals surface area contributed by atoms with Crippen LogP contribution in [0.4, 0.5) is 0 Å². The van der Waals surface area contributed by atoms with Crippen LogP contribution in [-0.2, 0) is 9.47 Å². The highest BCUT2D eigenvalue weighted by Gasteiger charge is 2.18. The van der Waals surface area contributed by atoms with Crippen LogP contribution < -0.4 is 5.32 Å². The van der Waals surface area contributed by atoms with Gasteiger partial charge in [0, 0.05) is 33.4 Å². The molecule has 0 aliphatic rings. The molecule has 1 N–H and O–H groups in total. The molecule has 16 heavy (non-hydrogen) atoms. The molecule has 0 rings (SSSR count). The van der Waals surface area contributed by atoms with Crippen LogP contribution >= 0.6 is 0 Å². The largest absolute Gasteiger partial charge is 0.383 e. The molecule has 0 aliphatic heterocycles. The van der Waals surface area contributed by atoms with Gasteiger partial charge in [-0.3, -0.25) is 4.90 Å². The maximum Gasteiger partial charge on any atom is 0.0589 e. The predicted molar refractivity (Wildman–Crippen MR) is 67.9 cm³/mol. The van der Waals surface area contributed by atoms with Crippen LogP contribution in [0.3, 0.4) is 0 Å². The minimum absolute atomic E-state index is 0.540. The zero-order chi connectivity index (χ0) is 12.4. The van der Waals surface area contributed by atoms with Crippen LogP contribution in [0.25, 0.3) is 0 Å². The van der Waals surface area contributed by atoms with E-state index in [1.165, 1.54) is 0 Å². The fraction of sp³-hybridized carbons (Fsp3) is 1.00. The molecule has 0 fully saturated rings. The first-order valence-corrected chi connectivity index (χ1v) is 6.03. The monoisotopic (exact) mass is 232 g/mol. The van der Waals surface area contributed by atoms with Crippen molar-refractivity contribution in [2.75, 3.05) is 54.1 Å². The third kappa shape index (κ3) is 6.43. The van der Waals surface area contributed by atoms with Crippen molar-refractivity contribution in [3.63, 3.8) is 0 Å². The molecule has 98 valence electrons. The lowest BCUT2D eigenvalue weighted by atomic mass is 10.0. The molecule has 0 amide bonds. The van der Waals surface area contributed by atoms with Crippen molar-refractivity contribution in [1.29, 1.82) is 0 Å². The third-order valence-electron chi connectivity index (χ3n) is 3.09. The smallest absolute Gasteiger partial charge is 0.0589 e. The third-order valence-corrected chi connectivity index (χ3v) is 3.09. The standard InChI is InChI=1S/C12H28N2O2/c1-11(10-13-3)12(2)14(6-8-15-4)7-9-16-5/h11-13H,6-10H2,1-5H3. The molecule has 0 spiro atoms. The van der Waals surface area contributed by atoms with Crippen LogP contribution in [0.1, 0.15) is 13.8 Å². The van der Waals surface area contributed by atoms with Crippen molar-refractivity contribution in [2.45, 2.75) is 19.9 Å². The molecule has 0 aromatic carbocycles. The summed E-state index contributed by atoms with van der Waals surface area (Å²) in [4.78, 5) is 2.43. The lowest BCUT2D eigenvalue weighted by molar-refractivity contribution is 0.0754. The molecule has 2 atom stereocenters. The Labute approximate surface area is 100 Å². The van der Waals surface area contributed by atoms with Gasteiger partial charge in [0.25, 0.3) is 0 Å². The Morgan fingerprint density at radius 1 is 1.06 bits per heavy atom. The van der Waals surface area contributed by atoms with E-state index in [0.29, 0.717) is 12.0 Å². The van der Waals surface area contributed by atoms with Crippen molar-refractivity contribution in [3.8, 4) is 0 Å². The highest BCUT2D eigenvalue weighted by Crippen LogP contribution is 2.09. The van der Waals surface area contributed by atoms with Gasteiger partial charge < -0.3 is 14.8 Å². The zero-order valence-electron chi connectivity index (χ0n) is 11.5. The number of hydrogen-bond acceptors (Lipinski definition) is 4. The Hall–Kier alpha value is -0.160. The first-order chi connectivity index (χ1) is 7.67. The number of rotatable bonds is 10. The molecule has 0 heterocycles. The molecule has 0 aromatic heterocycles. The van der Waals surface area contributed by atoms with E-state index in [0.717, 1.165) is 32.8 Å². The Morgan fingerprint density at radius 2 is 1.56 bits per heavy atom. The van der Waals surface area contributed by atoms with E-state index in [4.69, 9.17) is 9.47 Å². The van der Waals surface area contributed by atoms with Gasteiger partial charge in [0.15, 0.2) is 0 Å². The fourth-order valence-electron chi connectivity index (χ4n) is 1.79.